The van der Waals surface area contributed by atoms with E-state index in [4.69, 9.17) is 5.73 Å². The third kappa shape index (κ3) is 2.47. The normalized spacial score (nSPS) is 23.2. The number of nitrogens with two attached hydrogens (primary N) is 1. The molecule has 4 nitrogen and oxygen atoms in total. The molecule has 0 amide bonds. The summed E-state index contributed by atoms with van der Waals surface area (Å²) in [5.74, 6) is 0. The van der Waals surface area contributed by atoms with E-state index in [1.165, 1.54) is 0 Å². The van der Waals surface area contributed by atoms with Gasteiger partial charge in [-0.15, -0.1) is 0 Å². The van der Waals surface area contributed by atoms with Crippen molar-refractivity contribution in [3.63, 3.8) is 0 Å². The third-order valence-corrected chi connectivity index (χ3v) is 4.28. The standard InChI is InChI=1S/C15H18BrN3O/c1-15(20)5-2-6-19(9-15)13-4-3-12(17)11-7-10(16)8-18-14(11)13/h3-4,7-8,20H,2,5-6,9,17H2,1H3. The summed E-state index contributed by atoms with van der Waals surface area (Å²) < 4.78 is 0.916. The van der Waals surface area contributed by atoms with Gasteiger partial charge < -0.3 is 15.7 Å². The molecule has 1 saturated heterocycles. The Bertz CT molecular complexity index is 657. The Kier molecular flexibility index (Phi) is 3.34. The number of aromatic nitrogens is 1. The lowest BCUT2D eigenvalue weighted by Gasteiger charge is -2.38. The van der Waals surface area contributed by atoms with E-state index in [0.717, 1.165) is 46.1 Å². The summed E-state index contributed by atoms with van der Waals surface area (Å²) in [5, 5.41) is 11.2. The first-order chi connectivity index (χ1) is 9.46. The van der Waals surface area contributed by atoms with Crippen molar-refractivity contribution < 1.29 is 5.11 Å². The van der Waals surface area contributed by atoms with Crippen LogP contribution in [-0.2, 0) is 0 Å². The summed E-state index contributed by atoms with van der Waals surface area (Å²) >= 11 is 3.43. The van der Waals surface area contributed by atoms with Crippen LogP contribution in [0.2, 0.25) is 0 Å². The fraction of sp³-hybridized carbons (Fsp3) is 0.400. The van der Waals surface area contributed by atoms with Gasteiger partial charge in [-0.1, -0.05) is 0 Å². The predicted molar refractivity (Wildman–Crippen MR) is 85.9 cm³/mol. The number of fused-ring (bicyclic) bond motifs is 1. The fourth-order valence-corrected chi connectivity index (χ4v) is 3.21. The topological polar surface area (TPSA) is 62.4 Å². The van der Waals surface area contributed by atoms with Gasteiger partial charge in [0.25, 0.3) is 0 Å². The molecule has 1 fully saturated rings. The number of pyridine rings is 1. The average Bonchev–Trinajstić information content (AvgIpc) is 2.38. The van der Waals surface area contributed by atoms with Gasteiger partial charge in [-0.05, 0) is 53.9 Å². The van der Waals surface area contributed by atoms with Crippen molar-refractivity contribution in [1.82, 2.24) is 4.98 Å². The van der Waals surface area contributed by atoms with Gasteiger partial charge in [0.1, 0.15) is 0 Å². The molecule has 106 valence electrons. The molecule has 0 radical (unpaired) electrons. The summed E-state index contributed by atoms with van der Waals surface area (Å²) in [6, 6.07) is 5.90. The average molecular weight is 336 g/mol. The van der Waals surface area contributed by atoms with Crippen molar-refractivity contribution in [2.75, 3.05) is 23.7 Å². The van der Waals surface area contributed by atoms with Crippen LogP contribution in [0, 0.1) is 0 Å². The Balaban J connectivity index is 2.10. The van der Waals surface area contributed by atoms with Gasteiger partial charge in [0.15, 0.2) is 0 Å². The van der Waals surface area contributed by atoms with Crippen molar-refractivity contribution in [3.05, 3.63) is 28.9 Å². The Morgan fingerprint density at radius 1 is 1.45 bits per heavy atom. The number of anilines is 2. The van der Waals surface area contributed by atoms with Crippen LogP contribution < -0.4 is 10.6 Å². The minimum atomic E-state index is -0.638. The summed E-state index contributed by atoms with van der Waals surface area (Å²) in [6.45, 7) is 3.46. The molecule has 5 heteroatoms. The van der Waals surface area contributed by atoms with Gasteiger partial charge in [-0.3, -0.25) is 4.98 Å². The first-order valence-corrected chi connectivity index (χ1v) is 7.57. The van der Waals surface area contributed by atoms with E-state index in [0.29, 0.717) is 6.54 Å². The summed E-state index contributed by atoms with van der Waals surface area (Å²) in [7, 11) is 0. The Morgan fingerprint density at radius 2 is 2.25 bits per heavy atom. The van der Waals surface area contributed by atoms with Crippen LogP contribution in [0.3, 0.4) is 0 Å². The molecule has 0 saturated carbocycles. The molecule has 2 aromatic rings. The molecular weight excluding hydrogens is 318 g/mol. The van der Waals surface area contributed by atoms with Crippen molar-refractivity contribution in [2.45, 2.75) is 25.4 Å². The van der Waals surface area contributed by atoms with E-state index in [-0.39, 0.29) is 0 Å². The van der Waals surface area contributed by atoms with Crippen molar-refractivity contribution in [3.8, 4) is 0 Å². The first-order valence-electron chi connectivity index (χ1n) is 6.77. The van der Waals surface area contributed by atoms with Gasteiger partial charge in [0.2, 0.25) is 0 Å². The van der Waals surface area contributed by atoms with E-state index in [9.17, 15) is 5.11 Å². The lowest BCUT2D eigenvalue weighted by atomic mass is 9.94. The highest BCUT2D eigenvalue weighted by Crippen LogP contribution is 2.34. The number of hydrogen-bond acceptors (Lipinski definition) is 4. The number of nitrogens with zero attached hydrogens (tertiary/aromatic N) is 2. The largest absolute Gasteiger partial charge is 0.398 e. The maximum absolute atomic E-state index is 10.3. The van der Waals surface area contributed by atoms with Crippen molar-refractivity contribution in [2.24, 2.45) is 0 Å². The molecule has 0 bridgehead atoms. The van der Waals surface area contributed by atoms with E-state index in [1.54, 1.807) is 6.20 Å². The Labute approximate surface area is 126 Å². The molecule has 1 aromatic carbocycles. The lowest BCUT2D eigenvalue weighted by Crippen LogP contribution is -2.46. The van der Waals surface area contributed by atoms with Crippen molar-refractivity contribution in [1.29, 1.82) is 0 Å². The van der Waals surface area contributed by atoms with E-state index < -0.39 is 5.60 Å². The molecule has 0 aliphatic carbocycles. The first kappa shape index (κ1) is 13.6. The monoisotopic (exact) mass is 335 g/mol. The maximum atomic E-state index is 10.3. The van der Waals surface area contributed by atoms with Crippen LogP contribution in [0.25, 0.3) is 10.9 Å². The van der Waals surface area contributed by atoms with E-state index in [2.05, 4.69) is 25.8 Å². The number of halogens is 1. The lowest BCUT2D eigenvalue weighted by molar-refractivity contribution is 0.0450. The van der Waals surface area contributed by atoms with Gasteiger partial charge in [-0.25, -0.2) is 0 Å². The molecule has 20 heavy (non-hydrogen) atoms. The second-order valence-corrected chi connectivity index (χ2v) is 6.66. The number of rotatable bonds is 1. The second-order valence-electron chi connectivity index (χ2n) is 5.75. The Morgan fingerprint density at radius 3 is 3.00 bits per heavy atom. The Hall–Kier alpha value is -1.33. The van der Waals surface area contributed by atoms with Crippen molar-refractivity contribution >= 4 is 38.2 Å². The molecule has 2 heterocycles. The van der Waals surface area contributed by atoms with Gasteiger partial charge in [0, 0.05) is 34.8 Å². The zero-order valence-corrected chi connectivity index (χ0v) is 13.0. The molecule has 1 aliphatic heterocycles. The van der Waals surface area contributed by atoms with Gasteiger partial charge in [-0.2, -0.15) is 0 Å². The highest BCUT2D eigenvalue weighted by Gasteiger charge is 2.29. The van der Waals surface area contributed by atoms with Crippen LogP contribution in [-0.4, -0.2) is 28.8 Å². The number of β-amino-alcohol motifs (C(OH)–C–C–N with tert-alkyl or cyclic N) is 1. The zero-order chi connectivity index (χ0) is 14.3. The number of hydrogen-bond donors (Lipinski definition) is 2. The molecular formula is C15H18BrN3O. The van der Waals surface area contributed by atoms with E-state index in [1.807, 2.05) is 25.1 Å². The minimum Gasteiger partial charge on any atom is -0.398 e. The molecule has 1 unspecified atom stereocenters. The molecule has 3 rings (SSSR count). The number of aliphatic hydroxyl groups is 1. The third-order valence-electron chi connectivity index (χ3n) is 3.84. The van der Waals surface area contributed by atoms with Crippen LogP contribution in [0.1, 0.15) is 19.8 Å². The van der Waals surface area contributed by atoms with E-state index >= 15 is 0 Å². The van der Waals surface area contributed by atoms with Crippen LogP contribution in [0.15, 0.2) is 28.9 Å². The van der Waals surface area contributed by atoms with Crippen LogP contribution in [0.5, 0.6) is 0 Å². The smallest absolute Gasteiger partial charge is 0.0956 e. The minimum absolute atomic E-state index is 0.629. The summed E-state index contributed by atoms with van der Waals surface area (Å²) in [6.07, 6.45) is 3.61. The van der Waals surface area contributed by atoms with Crippen LogP contribution in [0.4, 0.5) is 11.4 Å². The molecule has 3 N–H and O–H groups in total. The number of nitrogen functional groups attached to an aromatic ring is 1. The SMILES string of the molecule is CC1(O)CCCN(c2ccc(N)c3cc(Br)cnc23)C1. The van der Waals surface area contributed by atoms with Crippen LogP contribution >= 0.6 is 15.9 Å². The second kappa shape index (κ2) is 4.90. The molecule has 1 aromatic heterocycles. The molecule has 1 aliphatic rings. The van der Waals surface area contributed by atoms with Gasteiger partial charge in [0.05, 0.1) is 16.8 Å². The summed E-state index contributed by atoms with van der Waals surface area (Å²) in [5.41, 5.74) is 8.07. The number of benzene rings is 1. The zero-order valence-electron chi connectivity index (χ0n) is 11.4. The maximum Gasteiger partial charge on any atom is 0.0956 e. The highest BCUT2D eigenvalue weighted by atomic mass is 79.9. The van der Waals surface area contributed by atoms with Gasteiger partial charge >= 0.3 is 0 Å². The predicted octanol–water partition coefficient (Wildman–Crippen LogP) is 2.93. The molecule has 0 spiro atoms. The molecule has 1 atom stereocenters. The fourth-order valence-electron chi connectivity index (χ4n) is 2.88. The quantitative estimate of drug-likeness (QED) is 0.786. The number of piperidine rings is 1. The summed E-state index contributed by atoms with van der Waals surface area (Å²) in [4.78, 5) is 6.71. The highest BCUT2D eigenvalue weighted by molar-refractivity contribution is 9.10.